The highest BCUT2D eigenvalue weighted by molar-refractivity contribution is 6.15. The number of carbonyl (C=O) groups excluding carboxylic acids is 2. The molecule has 0 fully saturated rings. The zero-order valence-corrected chi connectivity index (χ0v) is 9.90. The molecule has 0 saturated carbocycles. The van der Waals surface area contributed by atoms with Gasteiger partial charge < -0.3 is 14.8 Å². The van der Waals surface area contributed by atoms with E-state index in [1.807, 2.05) is 0 Å². The Kier molecular flexibility index (Phi) is 3.32. The van der Waals surface area contributed by atoms with Gasteiger partial charge in [-0.05, 0) is 13.0 Å². The van der Waals surface area contributed by atoms with Gasteiger partial charge in [-0.25, -0.2) is 0 Å². The van der Waals surface area contributed by atoms with Crippen molar-refractivity contribution in [2.24, 2.45) is 0 Å². The number of fused-ring (bicyclic) bond motifs is 1. The number of rotatable bonds is 4. The summed E-state index contributed by atoms with van der Waals surface area (Å²) in [4.78, 5) is 25.9. The lowest BCUT2D eigenvalue weighted by atomic mass is 10.1. The van der Waals surface area contributed by atoms with Crippen LogP contribution in [0.3, 0.4) is 0 Å². The highest BCUT2D eigenvalue weighted by Gasteiger charge is 2.20. The minimum Gasteiger partial charge on any atom is -0.494 e. The number of aromatic amines is 1. The summed E-state index contributed by atoms with van der Waals surface area (Å²) in [7, 11) is 0. The first-order valence-electron chi connectivity index (χ1n) is 5.62. The van der Waals surface area contributed by atoms with Gasteiger partial charge in [0.2, 0.25) is 5.88 Å². The third-order valence-electron chi connectivity index (χ3n) is 2.58. The molecule has 0 aliphatic heterocycles. The van der Waals surface area contributed by atoms with Crippen LogP contribution in [0.2, 0.25) is 0 Å². The quantitative estimate of drug-likeness (QED) is 0.492. The molecule has 0 atom stereocenters. The van der Waals surface area contributed by atoms with Crippen LogP contribution in [0.15, 0.2) is 24.3 Å². The Bertz CT molecular complexity index is 600. The van der Waals surface area contributed by atoms with Crippen LogP contribution in [-0.4, -0.2) is 28.4 Å². The largest absolute Gasteiger partial charge is 0.494 e. The van der Waals surface area contributed by atoms with E-state index in [-0.39, 0.29) is 24.5 Å². The van der Waals surface area contributed by atoms with E-state index >= 15 is 0 Å². The van der Waals surface area contributed by atoms with E-state index in [2.05, 4.69) is 4.98 Å². The minimum absolute atomic E-state index is 0.138. The number of benzene rings is 1. The fourth-order valence-electron chi connectivity index (χ4n) is 1.84. The van der Waals surface area contributed by atoms with Crippen molar-refractivity contribution in [2.45, 2.75) is 13.3 Å². The van der Waals surface area contributed by atoms with Crippen molar-refractivity contribution in [3.63, 3.8) is 0 Å². The van der Waals surface area contributed by atoms with Gasteiger partial charge in [0.05, 0.1) is 12.2 Å². The molecule has 5 nitrogen and oxygen atoms in total. The van der Waals surface area contributed by atoms with Crippen molar-refractivity contribution in [1.29, 1.82) is 0 Å². The third kappa shape index (κ3) is 2.20. The number of H-pyrrole nitrogens is 1. The molecule has 0 aliphatic rings. The number of aromatic hydroxyl groups is 1. The van der Waals surface area contributed by atoms with Crippen LogP contribution in [0, 0.1) is 0 Å². The van der Waals surface area contributed by atoms with E-state index in [0.29, 0.717) is 10.9 Å². The SMILES string of the molecule is CCOC(=O)CC(=O)c1c(O)[nH]c2ccccc12. The van der Waals surface area contributed by atoms with Gasteiger partial charge in [0.15, 0.2) is 5.78 Å². The van der Waals surface area contributed by atoms with Crippen molar-refractivity contribution in [3.8, 4) is 5.88 Å². The van der Waals surface area contributed by atoms with Crippen LogP contribution in [0.25, 0.3) is 10.9 Å². The second-order valence-electron chi connectivity index (χ2n) is 3.80. The zero-order valence-electron chi connectivity index (χ0n) is 9.90. The van der Waals surface area contributed by atoms with Gasteiger partial charge in [0.1, 0.15) is 6.42 Å². The summed E-state index contributed by atoms with van der Waals surface area (Å²) in [6.45, 7) is 1.90. The number of Topliss-reactive ketones (excluding diaryl/α,β-unsaturated/α-hetero) is 1. The van der Waals surface area contributed by atoms with E-state index in [9.17, 15) is 14.7 Å². The van der Waals surface area contributed by atoms with Crippen LogP contribution in [0.1, 0.15) is 23.7 Å². The topological polar surface area (TPSA) is 79.4 Å². The Morgan fingerprint density at radius 3 is 2.78 bits per heavy atom. The first-order chi connectivity index (χ1) is 8.63. The van der Waals surface area contributed by atoms with E-state index in [4.69, 9.17) is 4.74 Å². The average molecular weight is 247 g/mol. The average Bonchev–Trinajstić information content (AvgIpc) is 2.64. The molecule has 0 amide bonds. The predicted molar refractivity (Wildman–Crippen MR) is 65.5 cm³/mol. The molecule has 0 spiro atoms. The van der Waals surface area contributed by atoms with Crippen LogP contribution in [-0.2, 0) is 9.53 Å². The monoisotopic (exact) mass is 247 g/mol. The van der Waals surface area contributed by atoms with Gasteiger partial charge in [0.25, 0.3) is 0 Å². The van der Waals surface area contributed by atoms with Gasteiger partial charge in [-0.15, -0.1) is 0 Å². The summed E-state index contributed by atoms with van der Waals surface area (Å²) >= 11 is 0. The molecular weight excluding hydrogens is 234 g/mol. The fourth-order valence-corrected chi connectivity index (χ4v) is 1.84. The smallest absolute Gasteiger partial charge is 0.313 e. The van der Waals surface area contributed by atoms with E-state index in [1.165, 1.54) is 0 Å². The van der Waals surface area contributed by atoms with Gasteiger partial charge >= 0.3 is 5.97 Å². The molecule has 2 aromatic rings. The van der Waals surface area contributed by atoms with Crippen molar-refractivity contribution >= 4 is 22.7 Å². The number of ketones is 1. The maximum atomic E-state index is 11.9. The normalized spacial score (nSPS) is 10.5. The van der Waals surface area contributed by atoms with Crippen molar-refractivity contribution in [2.75, 3.05) is 6.61 Å². The number of esters is 1. The molecule has 0 saturated heterocycles. The summed E-state index contributed by atoms with van der Waals surface area (Å²) in [6.07, 6.45) is -0.372. The molecule has 1 aromatic heterocycles. The summed E-state index contributed by atoms with van der Waals surface area (Å²) in [6, 6.07) is 7.01. The number of hydrogen-bond acceptors (Lipinski definition) is 4. The summed E-state index contributed by atoms with van der Waals surface area (Å²) in [5.41, 5.74) is 0.792. The summed E-state index contributed by atoms with van der Waals surface area (Å²) in [5.74, 6) is -1.26. The highest BCUT2D eigenvalue weighted by Crippen LogP contribution is 2.28. The van der Waals surface area contributed by atoms with Gasteiger partial charge in [0, 0.05) is 10.9 Å². The first kappa shape index (κ1) is 12.2. The van der Waals surface area contributed by atoms with Gasteiger partial charge in [-0.1, -0.05) is 18.2 Å². The molecule has 0 aliphatic carbocycles. The number of para-hydroxylation sites is 1. The van der Waals surface area contributed by atoms with E-state index < -0.39 is 11.8 Å². The molecule has 0 bridgehead atoms. The molecule has 0 radical (unpaired) electrons. The fraction of sp³-hybridized carbons (Fsp3) is 0.231. The van der Waals surface area contributed by atoms with E-state index in [0.717, 1.165) is 0 Å². The van der Waals surface area contributed by atoms with Crippen molar-refractivity contribution in [1.82, 2.24) is 4.98 Å². The third-order valence-corrected chi connectivity index (χ3v) is 2.58. The van der Waals surface area contributed by atoms with Crippen molar-refractivity contribution < 1.29 is 19.4 Å². The molecule has 1 heterocycles. The van der Waals surface area contributed by atoms with Crippen LogP contribution < -0.4 is 0 Å². The summed E-state index contributed by atoms with van der Waals surface area (Å²) in [5, 5.41) is 10.3. The second kappa shape index (κ2) is 4.91. The predicted octanol–water partition coefficient (Wildman–Crippen LogP) is 2.01. The van der Waals surface area contributed by atoms with Gasteiger partial charge in [-0.3, -0.25) is 9.59 Å². The minimum atomic E-state index is -0.591. The number of carbonyl (C=O) groups is 2. The van der Waals surface area contributed by atoms with Crippen LogP contribution in [0.5, 0.6) is 5.88 Å². The lowest BCUT2D eigenvalue weighted by Crippen LogP contribution is -2.11. The van der Waals surface area contributed by atoms with Crippen LogP contribution in [0.4, 0.5) is 0 Å². The molecule has 2 N–H and O–H groups in total. The Labute approximate surface area is 103 Å². The van der Waals surface area contributed by atoms with Gasteiger partial charge in [-0.2, -0.15) is 0 Å². The standard InChI is InChI=1S/C13H13NO4/c1-2-18-11(16)7-10(15)12-8-5-3-4-6-9(8)14-13(12)17/h3-6,14,17H,2,7H2,1H3. The highest BCUT2D eigenvalue weighted by atomic mass is 16.5. The van der Waals surface area contributed by atoms with Crippen molar-refractivity contribution in [3.05, 3.63) is 29.8 Å². The van der Waals surface area contributed by atoms with Crippen LogP contribution >= 0.6 is 0 Å². The lowest BCUT2D eigenvalue weighted by molar-refractivity contribution is -0.141. The maximum Gasteiger partial charge on any atom is 0.313 e. The lowest BCUT2D eigenvalue weighted by Gasteiger charge is -2.01. The molecule has 18 heavy (non-hydrogen) atoms. The molecule has 1 aromatic carbocycles. The Balaban J connectivity index is 2.33. The zero-order chi connectivity index (χ0) is 13.1. The van der Waals surface area contributed by atoms with E-state index in [1.54, 1.807) is 31.2 Å². The Morgan fingerprint density at radius 2 is 2.06 bits per heavy atom. The Hall–Kier alpha value is -2.30. The maximum absolute atomic E-state index is 11.9. The molecule has 5 heteroatoms. The first-order valence-corrected chi connectivity index (χ1v) is 5.62. The number of ether oxygens (including phenoxy) is 1. The Morgan fingerprint density at radius 1 is 1.33 bits per heavy atom. The second-order valence-corrected chi connectivity index (χ2v) is 3.80. The number of aromatic nitrogens is 1. The number of nitrogens with one attached hydrogen (secondary N) is 1. The number of hydrogen-bond donors (Lipinski definition) is 2. The molecule has 94 valence electrons. The summed E-state index contributed by atoms with van der Waals surface area (Å²) < 4.78 is 4.71. The molecule has 0 unspecified atom stereocenters. The molecule has 2 rings (SSSR count). The molecular formula is C13H13NO4.